The fraction of sp³-hybridized carbons (Fsp3) is 0.143. The van der Waals surface area contributed by atoms with Crippen molar-refractivity contribution in [3.8, 4) is 0 Å². The van der Waals surface area contributed by atoms with Crippen LogP contribution in [0.1, 0.15) is 27.2 Å². The topological polar surface area (TPSA) is 54.6 Å². The van der Waals surface area contributed by atoms with Crippen LogP contribution in [0, 0.1) is 6.92 Å². The molecule has 0 saturated carbocycles. The minimum absolute atomic E-state index is 0.130. The summed E-state index contributed by atoms with van der Waals surface area (Å²) < 4.78 is 43.2. The van der Waals surface area contributed by atoms with E-state index in [0.29, 0.717) is 5.76 Å². The zero-order valence-corrected chi connectivity index (χ0v) is 10.9. The number of hydrogen-bond donors (Lipinski definition) is 1. The van der Waals surface area contributed by atoms with Crippen LogP contribution in [0.5, 0.6) is 0 Å². The van der Waals surface area contributed by atoms with Gasteiger partial charge in [0.05, 0.1) is 23.6 Å². The van der Waals surface area contributed by atoms with Crippen LogP contribution < -0.4 is 5.43 Å². The average Bonchev–Trinajstić information content (AvgIpc) is 2.84. The van der Waals surface area contributed by atoms with E-state index in [0.717, 1.165) is 12.3 Å². The number of carbonyl (C=O) groups excluding carboxylic acids is 1. The molecule has 0 fully saturated rings. The molecule has 4 nitrogen and oxygen atoms in total. The summed E-state index contributed by atoms with van der Waals surface area (Å²) in [6.45, 7) is 1.59. The SMILES string of the molecule is Cc1occc1C(=O)NN=Cc1ccccc1C(F)(F)F. The molecule has 0 aliphatic rings. The third kappa shape index (κ3) is 3.50. The molecule has 0 unspecified atom stereocenters. The van der Waals surface area contributed by atoms with Crippen molar-refractivity contribution in [1.29, 1.82) is 0 Å². The van der Waals surface area contributed by atoms with Crippen molar-refractivity contribution in [3.05, 3.63) is 59.0 Å². The van der Waals surface area contributed by atoms with Gasteiger partial charge in [0.2, 0.25) is 0 Å². The minimum Gasteiger partial charge on any atom is -0.469 e. The first kappa shape index (κ1) is 14.8. The van der Waals surface area contributed by atoms with Crippen molar-refractivity contribution in [3.63, 3.8) is 0 Å². The molecule has 1 aromatic carbocycles. The summed E-state index contributed by atoms with van der Waals surface area (Å²) in [4.78, 5) is 11.7. The molecule has 0 atom stereocenters. The largest absolute Gasteiger partial charge is 0.469 e. The van der Waals surface area contributed by atoms with Crippen LogP contribution in [0.2, 0.25) is 0 Å². The number of halogens is 3. The summed E-state index contributed by atoms with van der Waals surface area (Å²) in [5.74, 6) is -0.152. The molecule has 1 N–H and O–H groups in total. The molecule has 7 heteroatoms. The predicted octanol–water partition coefficient (Wildman–Crippen LogP) is 3.37. The van der Waals surface area contributed by atoms with E-state index in [9.17, 15) is 18.0 Å². The third-order valence-corrected chi connectivity index (χ3v) is 2.74. The second kappa shape index (κ2) is 5.82. The van der Waals surface area contributed by atoms with Crippen molar-refractivity contribution < 1.29 is 22.4 Å². The molecule has 0 saturated heterocycles. The average molecular weight is 296 g/mol. The molecular formula is C14H11F3N2O2. The van der Waals surface area contributed by atoms with Crippen molar-refractivity contribution in [2.24, 2.45) is 5.10 Å². The Bertz CT molecular complexity index is 675. The van der Waals surface area contributed by atoms with Gasteiger partial charge in [-0.05, 0) is 19.1 Å². The lowest BCUT2D eigenvalue weighted by atomic mass is 10.1. The molecule has 0 aliphatic carbocycles. The second-order valence-corrected chi connectivity index (χ2v) is 4.17. The number of hydrogen-bond acceptors (Lipinski definition) is 3. The van der Waals surface area contributed by atoms with Gasteiger partial charge in [0, 0.05) is 5.56 Å². The van der Waals surface area contributed by atoms with Gasteiger partial charge in [-0.25, -0.2) is 5.43 Å². The Morgan fingerprint density at radius 1 is 1.29 bits per heavy atom. The van der Waals surface area contributed by atoms with Gasteiger partial charge in [0.15, 0.2) is 0 Å². The van der Waals surface area contributed by atoms with E-state index in [1.54, 1.807) is 6.92 Å². The Morgan fingerprint density at radius 3 is 2.62 bits per heavy atom. The number of benzene rings is 1. The van der Waals surface area contributed by atoms with E-state index in [-0.39, 0.29) is 11.1 Å². The van der Waals surface area contributed by atoms with Crippen molar-refractivity contribution in [1.82, 2.24) is 5.43 Å². The number of alkyl halides is 3. The first-order valence-electron chi connectivity index (χ1n) is 5.93. The molecule has 1 amide bonds. The van der Waals surface area contributed by atoms with Crippen LogP contribution in [0.4, 0.5) is 13.2 Å². The Labute approximate surface area is 118 Å². The third-order valence-electron chi connectivity index (χ3n) is 2.74. The number of rotatable bonds is 3. The van der Waals surface area contributed by atoms with Crippen LogP contribution in [0.3, 0.4) is 0 Å². The second-order valence-electron chi connectivity index (χ2n) is 4.17. The predicted molar refractivity (Wildman–Crippen MR) is 69.9 cm³/mol. The molecule has 110 valence electrons. The first-order chi connectivity index (χ1) is 9.89. The van der Waals surface area contributed by atoms with Crippen LogP contribution in [-0.2, 0) is 6.18 Å². The maximum atomic E-state index is 12.7. The highest BCUT2D eigenvalue weighted by Gasteiger charge is 2.32. The van der Waals surface area contributed by atoms with E-state index < -0.39 is 17.6 Å². The van der Waals surface area contributed by atoms with E-state index in [4.69, 9.17) is 4.42 Å². The lowest BCUT2D eigenvalue weighted by Gasteiger charge is -2.09. The van der Waals surface area contributed by atoms with Gasteiger partial charge in [-0.3, -0.25) is 4.79 Å². The Hall–Kier alpha value is -2.57. The summed E-state index contributed by atoms with van der Waals surface area (Å²) in [6, 6.07) is 6.40. The number of nitrogens with zero attached hydrogens (tertiary/aromatic N) is 1. The summed E-state index contributed by atoms with van der Waals surface area (Å²) in [5, 5.41) is 3.55. The molecule has 2 rings (SSSR count). The van der Waals surface area contributed by atoms with Gasteiger partial charge >= 0.3 is 6.18 Å². The standard InChI is InChI=1S/C14H11F3N2O2/c1-9-11(6-7-21-9)13(20)19-18-8-10-4-2-3-5-12(10)14(15,16)17/h2-8H,1H3,(H,19,20). The number of carbonyl (C=O) groups is 1. The number of furan rings is 1. The Morgan fingerprint density at radius 2 is 2.00 bits per heavy atom. The normalized spacial score (nSPS) is 11.8. The molecule has 0 spiro atoms. The number of nitrogens with one attached hydrogen (secondary N) is 1. The van der Waals surface area contributed by atoms with E-state index in [1.165, 1.54) is 30.5 Å². The quantitative estimate of drug-likeness (QED) is 0.697. The van der Waals surface area contributed by atoms with E-state index in [1.807, 2.05) is 0 Å². The molecule has 1 aromatic heterocycles. The highest BCUT2D eigenvalue weighted by molar-refractivity contribution is 5.95. The summed E-state index contributed by atoms with van der Waals surface area (Å²) >= 11 is 0. The highest BCUT2D eigenvalue weighted by atomic mass is 19.4. The lowest BCUT2D eigenvalue weighted by molar-refractivity contribution is -0.137. The highest BCUT2D eigenvalue weighted by Crippen LogP contribution is 2.30. The van der Waals surface area contributed by atoms with Crippen LogP contribution in [-0.4, -0.2) is 12.1 Å². The first-order valence-corrected chi connectivity index (χ1v) is 5.93. The zero-order valence-electron chi connectivity index (χ0n) is 10.9. The van der Waals surface area contributed by atoms with Crippen molar-refractivity contribution in [2.75, 3.05) is 0 Å². The molecule has 0 aliphatic heterocycles. The Balaban J connectivity index is 2.13. The maximum Gasteiger partial charge on any atom is 0.417 e. The summed E-state index contributed by atoms with van der Waals surface area (Å²) in [5.41, 5.74) is 1.48. The smallest absolute Gasteiger partial charge is 0.417 e. The molecule has 2 aromatic rings. The van der Waals surface area contributed by atoms with Gasteiger partial charge < -0.3 is 4.42 Å². The monoisotopic (exact) mass is 296 g/mol. The molecule has 1 heterocycles. The van der Waals surface area contributed by atoms with Crippen LogP contribution in [0.15, 0.2) is 46.1 Å². The summed E-state index contributed by atoms with van der Waals surface area (Å²) in [7, 11) is 0. The molecule has 21 heavy (non-hydrogen) atoms. The Kier molecular flexibility index (Phi) is 4.11. The molecule has 0 radical (unpaired) electrons. The van der Waals surface area contributed by atoms with Crippen molar-refractivity contribution in [2.45, 2.75) is 13.1 Å². The van der Waals surface area contributed by atoms with Crippen LogP contribution in [0.25, 0.3) is 0 Å². The van der Waals surface area contributed by atoms with Gasteiger partial charge in [0.1, 0.15) is 5.76 Å². The maximum absolute atomic E-state index is 12.7. The number of amides is 1. The number of hydrazone groups is 1. The lowest BCUT2D eigenvalue weighted by Crippen LogP contribution is -2.18. The number of aryl methyl sites for hydroxylation is 1. The van der Waals surface area contributed by atoms with E-state index in [2.05, 4.69) is 10.5 Å². The van der Waals surface area contributed by atoms with Gasteiger partial charge in [-0.2, -0.15) is 18.3 Å². The van der Waals surface area contributed by atoms with Gasteiger partial charge in [0.25, 0.3) is 5.91 Å². The van der Waals surface area contributed by atoms with Crippen LogP contribution >= 0.6 is 0 Å². The fourth-order valence-electron chi connectivity index (χ4n) is 1.71. The zero-order chi connectivity index (χ0) is 15.5. The fourth-order valence-corrected chi connectivity index (χ4v) is 1.71. The minimum atomic E-state index is -4.48. The van der Waals surface area contributed by atoms with E-state index >= 15 is 0 Å². The van der Waals surface area contributed by atoms with Gasteiger partial charge in [-0.1, -0.05) is 18.2 Å². The van der Waals surface area contributed by atoms with Crippen molar-refractivity contribution >= 4 is 12.1 Å². The molecular weight excluding hydrogens is 285 g/mol. The molecule has 0 bridgehead atoms. The summed E-state index contributed by atoms with van der Waals surface area (Å²) in [6.07, 6.45) is -2.18. The van der Waals surface area contributed by atoms with Gasteiger partial charge in [-0.15, -0.1) is 0 Å².